The quantitative estimate of drug-likeness (QED) is 0.417. The Hall–Kier alpha value is -3.90. The molecule has 13 heteroatoms. The average molecular weight is 466 g/mol. The van der Waals surface area contributed by atoms with Gasteiger partial charge < -0.3 is 10.1 Å². The van der Waals surface area contributed by atoms with E-state index in [2.05, 4.69) is 15.5 Å². The minimum absolute atomic E-state index is 0.0740. The summed E-state index contributed by atoms with van der Waals surface area (Å²) in [6, 6.07) is 4.01. The first-order valence-electron chi connectivity index (χ1n) is 9.71. The second kappa shape index (κ2) is 8.92. The fraction of sp³-hybridized carbons (Fsp3) is 0.350. The number of nitro groups is 1. The zero-order valence-corrected chi connectivity index (χ0v) is 18.2. The maximum absolute atomic E-state index is 13.0. The summed E-state index contributed by atoms with van der Waals surface area (Å²) in [5.41, 5.74) is 0.662. The predicted octanol–water partition coefficient (Wildman–Crippen LogP) is 3.88. The summed E-state index contributed by atoms with van der Waals surface area (Å²) >= 11 is 0. The van der Waals surface area contributed by atoms with Crippen molar-refractivity contribution in [3.8, 4) is 5.88 Å². The monoisotopic (exact) mass is 466 g/mol. The lowest BCUT2D eigenvalue weighted by molar-refractivity contribution is -0.385. The summed E-state index contributed by atoms with van der Waals surface area (Å²) in [6.07, 6.45) is -3.36. The van der Waals surface area contributed by atoms with E-state index in [0.29, 0.717) is 22.6 Å². The number of methoxy groups -OCH3 is 1. The van der Waals surface area contributed by atoms with Crippen molar-refractivity contribution in [1.29, 1.82) is 0 Å². The maximum Gasteiger partial charge on any atom is 0.416 e. The van der Waals surface area contributed by atoms with Crippen LogP contribution in [0.4, 0.5) is 24.5 Å². The normalized spacial score (nSPS) is 12.5. The first-order chi connectivity index (χ1) is 15.4. The van der Waals surface area contributed by atoms with Crippen molar-refractivity contribution in [3.63, 3.8) is 0 Å². The third-order valence-corrected chi connectivity index (χ3v) is 5.06. The number of hydrogen-bond donors (Lipinski definition) is 1. The number of aryl methyl sites for hydroxylation is 1. The van der Waals surface area contributed by atoms with Crippen LogP contribution in [-0.4, -0.2) is 37.5 Å². The molecule has 0 spiro atoms. The van der Waals surface area contributed by atoms with Gasteiger partial charge in [0, 0.05) is 0 Å². The molecule has 0 saturated carbocycles. The molecule has 0 saturated heterocycles. The third-order valence-electron chi connectivity index (χ3n) is 5.06. The van der Waals surface area contributed by atoms with Gasteiger partial charge in [-0.1, -0.05) is 12.1 Å². The van der Waals surface area contributed by atoms with Gasteiger partial charge in [-0.15, -0.1) is 5.10 Å². The third kappa shape index (κ3) is 4.96. The molecule has 0 fully saturated rings. The van der Waals surface area contributed by atoms with E-state index in [-0.39, 0.29) is 18.1 Å². The Balaban J connectivity index is 1.80. The molecule has 3 rings (SSSR count). The van der Waals surface area contributed by atoms with Crippen LogP contribution < -0.4 is 10.1 Å². The summed E-state index contributed by atoms with van der Waals surface area (Å²) in [4.78, 5) is 23.2. The van der Waals surface area contributed by atoms with Gasteiger partial charge >= 0.3 is 17.7 Å². The highest BCUT2D eigenvalue weighted by Gasteiger charge is 2.30. The molecule has 0 aliphatic rings. The smallest absolute Gasteiger partial charge is 0.416 e. The summed E-state index contributed by atoms with van der Waals surface area (Å²) in [6.45, 7) is 4.90. The molecule has 1 amide bonds. The van der Waals surface area contributed by atoms with Gasteiger partial charge in [-0.2, -0.15) is 18.3 Å². The summed E-state index contributed by atoms with van der Waals surface area (Å²) in [5, 5.41) is 22.1. The molecule has 33 heavy (non-hydrogen) atoms. The number of aromatic nitrogens is 4. The van der Waals surface area contributed by atoms with Crippen molar-refractivity contribution >= 4 is 17.3 Å². The van der Waals surface area contributed by atoms with Crippen LogP contribution in [0, 0.1) is 24.0 Å². The molecule has 2 heterocycles. The molecule has 0 aliphatic heterocycles. The van der Waals surface area contributed by atoms with Crippen molar-refractivity contribution in [2.45, 2.75) is 39.5 Å². The molecular weight excluding hydrogens is 445 g/mol. The highest BCUT2D eigenvalue weighted by atomic mass is 19.4. The molecule has 1 aromatic carbocycles. The Kier molecular flexibility index (Phi) is 6.42. The van der Waals surface area contributed by atoms with Gasteiger partial charge in [0.1, 0.15) is 12.2 Å². The van der Waals surface area contributed by atoms with E-state index < -0.39 is 28.6 Å². The van der Waals surface area contributed by atoms with Crippen LogP contribution in [0.15, 0.2) is 30.5 Å². The zero-order chi connectivity index (χ0) is 24.5. The summed E-state index contributed by atoms with van der Waals surface area (Å²) in [5.74, 6) is -0.735. The van der Waals surface area contributed by atoms with E-state index in [9.17, 15) is 28.1 Å². The second-order valence-corrected chi connectivity index (χ2v) is 7.33. The van der Waals surface area contributed by atoms with Gasteiger partial charge in [0.25, 0.3) is 0 Å². The number of hydrogen-bond acceptors (Lipinski definition) is 6. The van der Waals surface area contributed by atoms with Gasteiger partial charge in [-0.05, 0) is 38.5 Å². The Morgan fingerprint density at radius 1 is 1.30 bits per heavy atom. The second-order valence-electron chi connectivity index (χ2n) is 7.33. The van der Waals surface area contributed by atoms with E-state index in [0.717, 1.165) is 23.0 Å². The number of halogens is 3. The first kappa shape index (κ1) is 23.8. The van der Waals surface area contributed by atoms with Crippen molar-refractivity contribution in [1.82, 2.24) is 19.6 Å². The number of ether oxygens (including phenoxy) is 1. The highest BCUT2D eigenvalue weighted by molar-refractivity contribution is 5.94. The number of rotatable bonds is 7. The van der Waals surface area contributed by atoms with Gasteiger partial charge in [0.15, 0.2) is 0 Å². The fourth-order valence-electron chi connectivity index (χ4n) is 3.23. The number of carbonyl (C=O) groups is 1. The molecule has 0 radical (unpaired) electrons. The maximum atomic E-state index is 13.0. The van der Waals surface area contributed by atoms with Crippen LogP contribution in [0.5, 0.6) is 5.88 Å². The molecule has 3 aromatic rings. The van der Waals surface area contributed by atoms with E-state index in [1.165, 1.54) is 24.8 Å². The van der Waals surface area contributed by atoms with Crippen LogP contribution in [0.25, 0.3) is 0 Å². The van der Waals surface area contributed by atoms with Crippen LogP contribution in [0.2, 0.25) is 0 Å². The number of anilines is 1. The summed E-state index contributed by atoms with van der Waals surface area (Å²) < 4.78 is 46.4. The van der Waals surface area contributed by atoms with Gasteiger partial charge in [-0.3, -0.25) is 19.6 Å². The lowest BCUT2D eigenvalue weighted by Crippen LogP contribution is -2.24. The van der Waals surface area contributed by atoms with E-state index in [4.69, 9.17) is 4.74 Å². The van der Waals surface area contributed by atoms with Crippen molar-refractivity contribution in [2.75, 3.05) is 12.4 Å². The summed E-state index contributed by atoms with van der Waals surface area (Å²) in [7, 11) is 1.23. The topological polar surface area (TPSA) is 117 Å². The van der Waals surface area contributed by atoms with E-state index >= 15 is 0 Å². The predicted molar refractivity (Wildman–Crippen MR) is 111 cm³/mol. The molecule has 0 aliphatic carbocycles. The van der Waals surface area contributed by atoms with Gasteiger partial charge in [0.05, 0.1) is 41.2 Å². The Morgan fingerprint density at radius 2 is 2.00 bits per heavy atom. The number of benzene rings is 1. The van der Waals surface area contributed by atoms with Crippen LogP contribution in [-0.2, 0) is 17.5 Å². The number of amides is 1. The molecule has 1 atom stereocenters. The number of nitrogens with zero attached hydrogens (tertiary/aromatic N) is 5. The van der Waals surface area contributed by atoms with Crippen molar-refractivity contribution in [2.24, 2.45) is 0 Å². The first-order valence-corrected chi connectivity index (χ1v) is 9.71. The number of carbonyl (C=O) groups excluding carboxylic acids is 1. The molecule has 1 N–H and O–H groups in total. The highest BCUT2D eigenvalue weighted by Crippen LogP contribution is 2.30. The Morgan fingerprint density at radius 3 is 2.58 bits per heavy atom. The minimum Gasteiger partial charge on any atom is -0.475 e. The molecule has 0 bridgehead atoms. The lowest BCUT2D eigenvalue weighted by atomic mass is 10.1. The van der Waals surface area contributed by atoms with Crippen molar-refractivity contribution in [3.05, 3.63) is 63.1 Å². The lowest BCUT2D eigenvalue weighted by Gasteiger charge is -2.13. The van der Waals surface area contributed by atoms with E-state index in [1.54, 1.807) is 19.9 Å². The number of nitrogens with one attached hydrogen (secondary N) is 1. The Bertz CT molecular complexity index is 1200. The van der Waals surface area contributed by atoms with Crippen LogP contribution in [0.1, 0.15) is 35.5 Å². The van der Waals surface area contributed by atoms with Crippen LogP contribution >= 0.6 is 0 Å². The fourth-order valence-corrected chi connectivity index (χ4v) is 3.23. The molecular formula is C20H21F3N6O4. The standard InChI is InChI=1S/C20H21F3N6O4/c1-11-17(24-18(30)13(3)28-10-16(29(31)32)19(26-28)33-4)12(2)27(25-11)9-14-6-5-7-15(8-14)20(21,22)23/h5-8,10,13H,9H2,1-4H3,(H,24,30). The van der Waals surface area contributed by atoms with Gasteiger partial charge in [-0.25, -0.2) is 4.68 Å². The largest absolute Gasteiger partial charge is 0.475 e. The Labute approximate surface area is 186 Å². The van der Waals surface area contributed by atoms with Crippen LogP contribution in [0.3, 0.4) is 0 Å². The number of alkyl halides is 3. The molecule has 1 unspecified atom stereocenters. The SMILES string of the molecule is COc1nn(C(C)C(=O)Nc2c(C)nn(Cc3cccc(C(F)(F)F)c3)c2C)cc1[N+](=O)[O-]. The molecule has 10 nitrogen and oxygen atoms in total. The minimum atomic E-state index is -4.45. The van der Waals surface area contributed by atoms with Gasteiger partial charge in [0.2, 0.25) is 5.91 Å². The molecule has 2 aromatic heterocycles. The van der Waals surface area contributed by atoms with E-state index in [1.807, 2.05) is 0 Å². The average Bonchev–Trinajstić information content (AvgIpc) is 3.30. The molecule has 176 valence electrons. The zero-order valence-electron chi connectivity index (χ0n) is 18.2. The van der Waals surface area contributed by atoms with Crippen molar-refractivity contribution < 1.29 is 27.6 Å².